The summed E-state index contributed by atoms with van der Waals surface area (Å²) in [5.74, 6) is 0. The fourth-order valence-electron chi connectivity index (χ4n) is 2.18. The Labute approximate surface area is 116 Å². The van der Waals surface area contributed by atoms with E-state index in [1.807, 2.05) is 0 Å². The van der Waals surface area contributed by atoms with Gasteiger partial charge < -0.3 is 10.2 Å². The molecule has 0 aliphatic carbocycles. The second-order valence-electron chi connectivity index (χ2n) is 5.14. The van der Waals surface area contributed by atoms with Crippen molar-refractivity contribution in [3.63, 3.8) is 0 Å². The molecule has 1 rings (SSSR count). The molecule has 0 saturated carbocycles. The molecule has 0 aromatic rings. The maximum atomic E-state index is 11.6. The summed E-state index contributed by atoms with van der Waals surface area (Å²) in [6.45, 7) is 3.97. The average Bonchev–Trinajstić information content (AvgIpc) is 2.84. The number of unbranched alkanes of at least 4 members (excludes halogenated alkanes) is 6. The summed E-state index contributed by atoms with van der Waals surface area (Å²) >= 11 is 0. The largest absolute Gasteiger partial charge is 0.472 e. The van der Waals surface area contributed by atoms with Gasteiger partial charge in [-0.1, -0.05) is 45.4 Å². The van der Waals surface area contributed by atoms with Gasteiger partial charge >= 0.3 is 7.82 Å². The van der Waals surface area contributed by atoms with Crippen molar-refractivity contribution in [2.75, 3.05) is 19.7 Å². The molecule has 0 radical (unpaired) electrons. The smallest absolute Gasteiger partial charge is 0.314 e. The third-order valence-electron chi connectivity index (χ3n) is 3.30. The maximum Gasteiger partial charge on any atom is 0.472 e. The molecule has 1 heterocycles. The van der Waals surface area contributed by atoms with E-state index in [1.165, 1.54) is 32.1 Å². The first-order valence-corrected chi connectivity index (χ1v) is 9.00. The lowest BCUT2D eigenvalue weighted by Crippen LogP contribution is -2.16. The minimum Gasteiger partial charge on any atom is -0.314 e. The Balaban J connectivity index is 1.96. The second-order valence-corrected chi connectivity index (χ2v) is 6.55. The van der Waals surface area contributed by atoms with Crippen molar-refractivity contribution in [3.8, 4) is 0 Å². The van der Waals surface area contributed by atoms with Gasteiger partial charge in [0.15, 0.2) is 0 Å². The van der Waals surface area contributed by atoms with E-state index in [9.17, 15) is 9.46 Å². The molecule has 0 spiro atoms. The zero-order valence-corrected chi connectivity index (χ0v) is 12.9. The first-order chi connectivity index (χ1) is 9.14. The van der Waals surface area contributed by atoms with Crippen LogP contribution >= 0.6 is 7.82 Å². The van der Waals surface area contributed by atoms with Crippen molar-refractivity contribution in [1.82, 2.24) is 5.32 Å². The minimum atomic E-state index is -3.85. The van der Waals surface area contributed by atoms with Crippen molar-refractivity contribution < 1.29 is 18.5 Å². The van der Waals surface area contributed by atoms with Gasteiger partial charge in [0.1, 0.15) is 0 Å². The molecule has 19 heavy (non-hydrogen) atoms. The van der Waals surface area contributed by atoms with Crippen LogP contribution in [-0.2, 0) is 13.6 Å². The van der Waals surface area contributed by atoms with Gasteiger partial charge in [-0.05, 0) is 19.4 Å². The lowest BCUT2D eigenvalue weighted by atomic mass is 10.1. The van der Waals surface area contributed by atoms with Crippen LogP contribution in [0.4, 0.5) is 0 Å². The van der Waals surface area contributed by atoms with Crippen molar-refractivity contribution in [2.45, 2.75) is 64.4 Å². The molecule has 6 heteroatoms. The summed E-state index contributed by atoms with van der Waals surface area (Å²) in [6, 6.07) is 0. The van der Waals surface area contributed by atoms with Crippen LogP contribution in [0, 0.1) is 0 Å². The van der Waals surface area contributed by atoms with Crippen molar-refractivity contribution in [1.29, 1.82) is 0 Å². The molecule has 0 bridgehead atoms. The van der Waals surface area contributed by atoms with Crippen LogP contribution in [0.1, 0.15) is 58.3 Å². The van der Waals surface area contributed by atoms with Crippen molar-refractivity contribution in [3.05, 3.63) is 0 Å². The number of phosphoric ester groups is 1. The molecule has 0 aromatic heterocycles. The highest BCUT2D eigenvalue weighted by molar-refractivity contribution is 7.47. The molecule has 1 aliphatic rings. The van der Waals surface area contributed by atoms with Gasteiger partial charge in [-0.15, -0.1) is 0 Å². The standard InChI is InChI=1S/C13H28NO4P/c1-2-3-4-5-6-7-8-11-17-19(15,16)18-13-9-10-14-12-13/h13-14H,2-12H2,1H3,(H,15,16). The summed E-state index contributed by atoms with van der Waals surface area (Å²) in [4.78, 5) is 9.53. The summed E-state index contributed by atoms with van der Waals surface area (Å²) in [5.41, 5.74) is 0. The van der Waals surface area contributed by atoms with Gasteiger partial charge in [0.05, 0.1) is 12.7 Å². The lowest BCUT2D eigenvalue weighted by molar-refractivity contribution is 0.112. The normalized spacial score (nSPS) is 22.5. The Hall–Kier alpha value is 0.0700. The Morgan fingerprint density at radius 3 is 2.53 bits per heavy atom. The van der Waals surface area contributed by atoms with Crippen LogP contribution in [0.15, 0.2) is 0 Å². The fourth-order valence-corrected chi connectivity index (χ4v) is 3.15. The van der Waals surface area contributed by atoms with Gasteiger partial charge in [0, 0.05) is 6.54 Å². The quantitative estimate of drug-likeness (QED) is 0.452. The first kappa shape index (κ1) is 17.1. The van der Waals surface area contributed by atoms with E-state index < -0.39 is 7.82 Å². The van der Waals surface area contributed by atoms with E-state index in [-0.39, 0.29) is 6.10 Å². The Morgan fingerprint density at radius 2 is 1.89 bits per heavy atom. The Morgan fingerprint density at radius 1 is 1.21 bits per heavy atom. The average molecular weight is 293 g/mol. The lowest BCUT2D eigenvalue weighted by Gasteiger charge is -2.16. The first-order valence-electron chi connectivity index (χ1n) is 7.50. The van der Waals surface area contributed by atoms with E-state index in [4.69, 9.17) is 9.05 Å². The molecule has 2 unspecified atom stereocenters. The number of nitrogens with one attached hydrogen (secondary N) is 1. The van der Waals surface area contributed by atoms with E-state index in [0.717, 1.165) is 25.8 Å². The highest BCUT2D eigenvalue weighted by Crippen LogP contribution is 2.45. The third kappa shape index (κ3) is 8.77. The van der Waals surface area contributed by atoms with E-state index >= 15 is 0 Å². The van der Waals surface area contributed by atoms with E-state index in [1.54, 1.807) is 0 Å². The molecule has 1 saturated heterocycles. The van der Waals surface area contributed by atoms with Crippen LogP contribution in [0.25, 0.3) is 0 Å². The number of rotatable bonds is 11. The van der Waals surface area contributed by atoms with E-state index in [2.05, 4.69) is 12.2 Å². The molecule has 2 atom stereocenters. The second kappa shape index (κ2) is 9.89. The van der Waals surface area contributed by atoms with Crippen molar-refractivity contribution in [2.24, 2.45) is 0 Å². The molecule has 2 N–H and O–H groups in total. The van der Waals surface area contributed by atoms with Gasteiger partial charge in [-0.25, -0.2) is 4.57 Å². The summed E-state index contributed by atoms with van der Waals surface area (Å²) in [5, 5.41) is 3.08. The van der Waals surface area contributed by atoms with Crippen LogP contribution < -0.4 is 5.32 Å². The third-order valence-corrected chi connectivity index (χ3v) is 4.37. The maximum absolute atomic E-state index is 11.6. The van der Waals surface area contributed by atoms with Gasteiger partial charge in [0.2, 0.25) is 0 Å². The monoisotopic (exact) mass is 293 g/mol. The SMILES string of the molecule is CCCCCCCCCOP(=O)(O)OC1CCNC1. The Bertz CT molecular complexity index is 269. The highest BCUT2D eigenvalue weighted by Gasteiger charge is 2.28. The number of phosphoric acid groups is 1. The molecule has 5 nitrogen and oxygen atoms in total. The fraction of sp³-hybridized carbons (Fsp3) is 1.00. The molecule has 114 valence electrons. The summed E-state index contributed by atoms with van der Waals surface area (Å²) < 4.78 is 21.7. The number of hydrogen-bond donors (Lipinski definition) is 2. The minimum absolute atomic E-state index is 0.190. The molecular formula is C13H28NO4P. The molecule has 0 amide bonds. The van der Waals surface area contributed by atoms with Crippen LogP contribution in [-0.4, -0.2) is 30.7 Å². The van der Waals surface area contributed by atoms with Gasteiger partial charge in [-0.2, -0.15) is 0 Å². The predicted molar refractivity (Wildman–Crippen MR) is 76.1 cm³/mol. The predicted octanol–water partition coefficient (Wildman–Crippen LogP) is 3.23. The topological polar surface area (TPSA) is 67.8 Å². The summed E-state index contributed by atoms with van der Waals surface area (Å²) in [7, 11) is -3.85. The van der Waals surface area contributed by atoms with Crippen molar-refractivity contribution >= 4 is 7.82 Å². The molecular weight excluding hydrogens is 265 g/mol. The zero-order chi connectivity index (χ0) is 14.0. The molecule has 1 fully saturated rings. The van der Waals surface area contributed by atoms with Crippen LogP contribution in [0.3, 0.4) is 0 Å². The van der Waals surface area contributed by atoms with Crippen LogP contribution in [0.2, 0.25) is 0 Å². The number of hydrogen-bond acceptors (Lipinski definition) is 4. The summed E-state index contributed by atoms with van der Waals surface area (Å²) in [6.07, 6.45) is 8.71. The van der Waals surface area contributed by atoms with Crippen LogP contribution in [0.5, 0.6) is 0 Å². The highest BCUT2D eigenvalue weighted by atomic mass is 31.2. The van der Waals surface area contributed by atoms with Gasteiger partial charge in [-0.3, -0.25) is 9.05 Å². The molecule has 0 aromatic carbocycles. The van der Waals surface area contributed by atoms with E-state index in [0.29, 0.717) is 13.2 Å². The zero-order valence-electron chi connectivity index (χ0n) is 12.0. The Kier molecular flexibility index (Phi) is 8.92. The van der Waals surface area contributed by atoms with Gasteiger partial charge in [0.25, 0.3) is 0 Å². The molecule has 1 aliphatic heterocycles.